The van der Waals surface area contributed by atoms with Gasteiger partial charge in [0.25, 0.3) is 5.91 Å². The fourth-order valence-electron chi connectivity index (χ4n) is 1.94. The summed E-state index contributed by atoms with van der Waals surface area (Å²) >= 11 is 0. The minimum Gasteiger partial charge on any atom is -0.399 e. The molecule has 0 bridgehead atoms. The lowest BCUT2D eigenvalue weighted by Crippen LogP contribution is -2.25. The van der Waals surface area contributed by atoms with Crippen molar-refractivity contribution in [2.75, 3.05) is 25.5 Å². The quantitative estimate of drug-likeness (QED) is 0.549. The normalized spacial score (nSPS) is 10.8. The van der Waals surface area contributed by atoms with Gasteiger partial charge >= 0.3 is 0 Å². The molecule has 0 saturated heterocycles. The molecule has 0 fully saturated rings. The van der Waals surface area contributed by atoms with Crippen LogP contribution >= 0.6 is 0 Å². The maximum absolute atomic E-state index is 12.1. The summed E-state index contributed by atoms with van der Waals surface area (Å²) in [6, 6.07) is 5.49. The fraction of sp³-hybridized carbons (Fsp3) is 0.357. The van der Waals surface area contributed by atoms with Gasteiger partial charge in [-0.15, -0.1) is 0 Å². The second-order valence-electron chi connectivity index (χ2n) is 4.31. The fourth-order valence-corrected chi connectivity index (χ4v) is 1.94. The van der Waals surface area contributed by atoms with Crippen LogP contribution in [0.3, 0.4) is 0 Å². The smallest absolute Gasteiger partial charge is 0.253 e. The molecule has 0 aliphatic carbocycles. The largest absolute Gasteiger partial charge is 0.399 e. The number of carbonyl (C=O) groups excluding carboxylic acids is 1. The van der Waals surface area contributed by atoms with Gasteiger partial charge in [-0.25, -0.2) is 0 Å². The Morgan fingerprint density at radius 2 is 2.32 bits per heavy atom. The number of nitrogens with one attached hydrogen (secondary N) is 2. The van der Waals surface area contributed by atoms with Crippen molar-refractivity contribution >= 4 is 22.5 Å². The zero-order valence-corrected chi connectivity index (χ0v) is 11.0. The summed E-state index contributed by atoms with van der Waals surface area (Å²) in [5.41, 5.74) is 7.93. The highest BCUT2D eigenvalue weighted by Gasteiger charge is 2.11. The third kappa shape index (κ3) is 3.26. The zero-order valence-electron chi connectivity index (χ0n) is 11.0. The standard InChI is InChI=1S/C14H19N3O2/c1-2-19-7-3-6-16-14(18)12-9-17-13-5-4-10(15)8-11(12)13/h4-5,8-9,17H,2-3,6-7,15H2,1H3,(H,16,18). The van der Waals surface area contributed by atoms with Crippen LogP contribution in [-0.2, 0) is 4.74 Å². The van der Waals surface area contributed by atoms with E-state index in [4.69, 9.17) is 10.5 Å². The second-order valence-corrected chi connectivity index (χ2v) is 4.31. The lowest BCUT2D eigenvalue weighted by molar-refractivity contribution is 0.0946. The number of amides is 1. The minimum atomic E-state index is -0.0895. The molecular formula is C14H19N3O2. The Bertz CT molecular complexity index is 563. The van der Waals surface area contributed by atoms with Crippen LogP contribution in [0.25, 0.3) is 10.9 Å². The highest BCUT2D eigenvalue weighted by Crippen LogP contribution is 2.20. The van der Waals surface area contributed by atoms with E-state index in [0.29, 0.717) is 31.0 Å². The van der Waals surface area contributed by atoms with E-state index in [2.05, 4.69) is 10.3 Å². The average molecular weight is 261 g/mol. The van der Waals surface area contributed by atoms with E-state index in [0.717, 1.165) is 17.3 Å². The van der Waals surface area contributed by atoms with Crippen molar-refractivity contribution in [2.45, 2.75) is 13.3 Å². The number of hydrogen-bond acceptors (Lipinski definition) is 3. The van der Waals surface area contributed by atoms with Crippen LogP contribution in [0.2, 0.25) is 0 Å². The molecule has 0 spiro atoms. The van der Waals surface area contributed by atoms with E-state index in [-0.39, 0.29) is 5.91 Å². The zero-order chi connectivity index (χ0) is 13.7. The summed E-state index contributed by atoms with van der Waals surface area (Å²) in [5, 5.41) is 3.73. The average Bonchev–Trinajstić information content (AvgIpc) is 2.81. The van der Waals surface area contributed by atoms with Crippen molar-refractivity contribution < 1.29 is 9.53 Å². The third-order valence-electron chi connectivity index (χ3n) is 2.91. The molecule has 102 valence electrons. The molecule has 2 rings (SSSR count). The van der Waals surface area contributed by atoms with E-state index >= 15 is 0 Å². The van der Waals surface area contributed by atoms with Crippen molar-refractivity contribution in [2.24, 2.45) is 0 Å². The first-order valence-electron chi connectivity index (χ1n) is 6.45. The van der Waals surface area contributed by atoms with Crippen molar-refractivity contribution in [3.63, 3.8) is 0 Å². The number of aromatic amines is 1. The molecule has 5 nitrogen and oxygen atoms in total. The predicted molar refractivity (Wildman–Crippen MR) is 76.2 cm³/mol. The monoisotopic (exact) mass is 261 g/mol. The molecule has 19 heavy (non-hydrogen) atoms. The number of nitrogen functional groups attached to an aromatic ring is 1. The number of ether oxygens (including phenoxy) is 1. The minimum absolute atomic E-state index is 0.0895. The number of anilines is 1. The van der Waals surface area contributed by atoms with Crippen LogP contribution in [0, 0.1) is 0 Å². The van der Waals surface area contributed by atoms with Gasteiger partial charge in [0, 0.05) is 42.5 Å². The topological polar surface area (TPSA) is 80.1 Å². The van der Waals surface area contributed by atoms with Crippen molar-refractivity contribution in [3.05, 3.63) is 30.0 Å². The predicted octanol–water partition coefficient (Wildman–Crippen LogP) is 1.91. The van der Waals surface area contributed by atoms with Crippen LogP contribution < -0.4 is 11.1 Å². The Morgan fingerprint density at radius 3 is 3.11 bits per heavy atom. The maximum Gasteiger partial charge on any atom is 0.253 e. The van der Waals surface area contributed by atoms with E-state index in [9.17, 15) is 4.79 Å². The number of fused-ring (bicyclic) bond motifs is 1. The molecule has 0 unspecified atom stereocenters. The SMILES string of the molecule is CCOCCCNC(=O)c1c[nH]c2ccc(N)cc12. The van der Waals surface area contributed by atoms with Crippen LogP contribution in [0.15, 0.2) is 24.4 Å². The number of nitrogens with two attached hydrogens (primary N) is 1. The Balaban J connectivity index is 1.99. The van der Waals surface area contributed by atoms with Gasteiger partial charge in [0.15, 0.2) is 0 Å². The van der Waals surface area contributed by atoms with Crippen molar-refractivity contribution in [3.8, 4) is 0 Å². The Kier molecular flexibility index (Phi) is 4.41. The van der Waals surface area contributed by atoms with Crippen LogP contribution in [0.4, 0.5) is 5.69 Å². The van der Waals surface area contributed by atoms with Gasteiger partial charge in [0.2, 0.25) is 0 Å². The summed E-state index contributed by atoms with van der Waals surface area (Å²) in [6.45, 7) is 3.93. The maximum atomic E-state index is 12.1. The van der Waals surface area contributed by atoms with E-state index in [1.807, 2.05) is 19.1 Å². The molecule has 0 atom stereocenters. The van der Waals surface area contributed by atoms with Crippen molar-refractivity contribution in [1.29, 1.82) is 0 Å². The number of H-pyrrole nitrogens is 1. The van der Waals surface area contributed by atoms with E-state index < -0.39 is 0 Å². The molecule has 1 heterocycles. The molecule has 2 aromatic rings. The number of carbonyl (C=O) groups is 1. The van der Waals surface area contributed by atoms with Crippen molar-refractivity contribution in [1.82, 2.24) is 10.3 Å². The Hall–Kier alpha value is -2.01. The lowest BCUT2D eigenvalue weighted by Gasteiger charge is -2.04. The molecule has 4 N–H and O–H groups in total. The van der Waals surface area contributed by atoms with Gasteiger partial charge in [-0.3, -0.25) is 4.79 Å². The molecule has 0 aliphatic rings. The highest BCUT2D eigenvalue weighted by atomic mass is 16.5. The van der Waals surface area contributed by atoms with Gasteiger partial charge in [-0.2, -0.15) is 0 Å². The van der Waals surface area contributed by atoms with Gasteiger partial charge in [0.05, 0.1) is 5.56 Å². The second kappa shape index (κ2) is 6.24. The number of benzene rings is 1. The first-order valence-corrected chi connectivity index (χ1v) is 6.45. The van der Waals surface area contributed by atoms with Crippen LogP contribution in [-0.4, -0.2) is 30.6 Å². The summed E-state index contributed by atoms with van der Waals surface area (Å²) in [4.78, 5) is 15.1. The third-order valence-corrected chi connectivity index (χ3v) is 2.91. The summed E-state index contributed by atoms with van der Waals surface area (Å²) in [5.74, 6) is -0.0895. The lowest BCUT2D eigenvalue weighted by atomic mass is 10.1. The van der Waals surface area contributed by atoms with Gasteiger partial charge < -0.3 is 20.8 Å². The Labute approximate surface area is 112 Å². The van der Waals surface area contributed by atoms with E-state index in [1.165, 1.54) is 0 Å². The van der Waals surface area contributed by atoms with Gasteiger partial charge in [0.1, 0.15) is 0 Å². The molecule has 0 saturated carbocycles. The molecule has 1 aromatic carbocycles. The molecular weight excluding hydrogens is 242 g/mol. The summed E-state index contributed by atoms with van der Waals surface area (Å²) < 4.78 is 5.22. The number of aromatic nitrogens is 1. The van der Waals surface area contributed by atoms with Gasteiger partial charge in [-0.1, -0.05) is 0 Å². The molecule has 1 aromatic heterocycles. The molecule has 0 aliphatic heterocycles. The van der Waals surface area contributed by atoms with Gasteiger partial charge in [-0.05, 0) is 31.5 Å². The first kappa shape index (κ1) is 13.4. The Morgan fingerprint density at radius 1 is 1.47 bits per heavy atom. The van der Waals surface area contributed by atoms with Crippen LogP contribution in [0.5, 0.6) is 0 Å². The molecule has 5 heteroatoms. The number of rotatable bonds is 6. The summed E-state index contributed by atoms with van der Waals surface area (Å²) in [6.07, 6.45) is 2.52. The van der Waals surface area contributed by atoms with E-state index in [1.54, 1.807) is 12.3 Å². The summed E-state index contributed by atoms with van der Waals surface area (Å²) in [7, 11) is 0. The van der Waals surface area contributed by atoms with Crippen LogP contribution in [0.1, 0.15) is 23.7 Å². The highest BCUT2D eigenvalue weighted by molar-refractivity contribution is 6.07. The molecule has 0 radical (unpaired) electrons. The first-order chi connectivity index (χ1) is 9.22. The number of hydrogen-bond donors (Lipinski definition) is 3. The molecule has 1 amide bonds.